The smallest absolute Gasteiger partial charge is 0.0964 e. The number of aromatic nitrogens is 3. The molecule has 2 rings (SSSR count). The number of hydrogen-bond donors (Lipinski definition) is 1. The van der Waals surface area contributed by atoms with Gasteiger partial charge in [-0.3, -0.25) is 14.5 Å². The van der Waals surface area contributed by atoms with Gasteiger partial charge in [0.2, 0.25) is 0 Å². The minimum Gasteiger partial charge on any atom is -0.311 e. The Morgan fingerprint density at radius 1 is 1.30 bits per heavy atom. The molecule has 1 fully saturated rings. The molecule has 0 saturated carbocycles. The first-order valence-electron chi connectivity index (χ1n) is 7.54. The third-order valence-corrected chi connectivity index (χ3v) is 4.18. The highest BCUT2D eigenvalue weighted by Crippen LogP contribution is 2.18. The second kappa shape index (κ2) is 6.65. The second-order valence-corrected chi connectivity index (χ2v) is 6.26. The van der Waals surface area contributed by atoms with Gasteiger partial charge < -0.3 is 5.32 Å². The van der Waals surface area contributed by atoms with Gasteiger partial charge in [-0.25, -0.2) is 0 Å². The Balaban J connectivity index is 1.79. The Labute approximate surface area is 122 Å². The lowest BCUT2D eigenvalue weighted by Crippen LogP contribution is -2.57. The van der Waals surface area contributed by atoms with Gasteiger partial charge in [0, 0.05) is 44.5 Å². The summed E-state index contributed by atoms with van der Waals surface area (Å²) in [6, 6.07) is 0. The molecule has 0 aromatic carbocycles. The van der Waals surface area contributed by atoms with E-state index in [0.717, 1.165) is 51.5 Å². The number of rotatable bonds is 6. The molecule has 1 aliphatic heterocycles. The Morgan fingerprint density at radius 2 is 2.10 bits per heavy atom. The second-order valence-electron chi connectivity index (χ2n) is 6.26. The van der Waals surface area contributed by atoms with Gasteiger partial charge in [0.15, 0.2) is 0 Å². The molecular formula is C14H28N6. The van der Waals surface area contributed by atoms with E-state index < -0.39 is 0 Å². The van der Waals surface area contributed by atoms with Gasteiger partial charge in [0.25, 0.3) is 0 Å². The van der Waals surface area contributed by atoms with Crippen molar-refractivity contribution < 1.29 is 0 Å². The quantitative estimate of drug-likeness (QED) is 0.818. The summed E-state index contributed by atoms with van der Waals surface area (Å²) < 4.78 is 1.96. The summed E-state index contributed by atoms with van der Waals surface area (Å²) in [6.45, 7) is 13.8. The molecule has 0 unspecified atom stereocenters. The largest absolute Gasteiger partial charge is 0.311 e. The Morgan fingerprint density at radius 3 is 2.80 bits per heavy atom. The lowest BCUT2D eigenvalue weighted by Gasteiger charge is -2.45. The van der Waals surface area contributed by atoms with E-state index in [-0.39, 0.29) is 5.54 Å². The fourth-order valence-electron chi connectivity index (χ4n) is 2.56. The number of hydrogen-bond acceptors (Lipinski definition) is 5. The van der Waals surface area contributed by atoms with Crippen molar-refractivity contribution in [2.24, 2.45) is 0 Å². The van der Waals surface area contributed by atoms with E-state index in [1.54, 1.807) is 0 Å². The van der Waals surface area contributed by atoms with Crippen LogP contribution in [0.25, 0.3) is 0 Å². The number of nitrogens with one attached hydrogen (secondary N) is 1. The minimum atomic E-state index is 0.261. The molecule has 20 heavy (non-hydrogen) atoms. The molecule has 0 bridgehead atoms. The van der Waals surface area contributed by atoms with Gasteiger partial charge in [0.1, 0.15) is 0 Å². The fraction of sp³-hybridized carbons (Fsp3) is 0.857. The van der Waals surface area contributed by atoms with Crippen LogP contribution in [0.4, 0.5) is 0 Å². The molecule has 1 N–H and O–H groups in total. The molecular weight excluding hydrogens is 252 g/mol. The van der Waals surface area contributed by atoms with Gasteiger partial charge in [-0.2, -0.15) is 0 Å². The highest BCUT2D eigenvalue weighted by atomic mass is 15.4. The molecule has 0 atom stereocenters. The van der Waals surface area contributed by atoms with Crippen molar-refractivity contribution in [2.45, 2.75) is 39.4 Å². The van der Waals surface area contributed by atoms with Crippen molar-refractivity contribution in [1.82, 2.24) is 30.1 Å². The van der Waals surface area contributed by atoms with Crippen molar-refractivity contribution in [2.75, 3.05) is 39.8 Å². The SMILES string of the molecule is CCNCc1cn(CCN2CCN(C)C(C)(C)C2)nn1. The molecule has 0 aliphatic carbocycles. The predicted octanol–water partition coefficient (Wildman–Crippen LogP) is 0.414. The van der Waals surface area contributed by atoms with Crippen molar-refractivity contribution in [3.05, 3.63) is 11.9 Å². The number of nitrogens with zero attached hydrogens (tertiary/aromatic N) is 5. The lowest BCUT2D eigenvalue weighted by molar-refractivity contribution is 0.0379. The Hall–Kier alpha value is -0.980. The molecule has 0 radical (unpaired) electrons. The van der Waals surface area contributed by atoms with Crippen LogP contribution < -0.4 is 5.32 Å². The summed E-state index contributed by atoms with van der Waals surface area (Å²) in [5, 5.41) is 11.6. The van der Waals surface area contributed by atoms with E-state index in [4.69, 9.17) is 0 Å². The summed E-state index contributed by atoms with van der Waals surface area (Å²) in [6.07, 6.45) is 2.05. The van der Waals surface area contributed by atoms with Crippen LogP contribution in [0.5, 0.6) is 0 Å². The maximum absolute atomic E-state index is 4.19. The monoisotopic (exact) mass is 280 g/mol. The van der Waals surface area contributed by atoms with Crippen molar-refractivity contribution >= 4 is 0 Å². The molecule has 2 heterocycles. The molecule has 1 aliphatic rings. The first kappa shape index (κ1) is 15.4. The van der Waals surface area contributed by atoms with E-state index in [1.807, 2.05) is 10.9 Å². The summed E-state index contributed by atoms with van der Waals surface area (Å²) in [5.74, 6) is 0. The molecule has 114 valence electrons. The molecule has 1 saturated heterocycles. The summed E-state index contributed by atoms with van der Waals surface area (Å²) in [5.41, 5.74) is 1.28. The zero-order chi connectivity index (χ0) is 14.6. The standard InChI is InChI=1S/C14H28N6/c1-5-15-10-13-11-20(17-16-13)9-8-19-7-6-18(4)14(2,3)12-19/h11,15H,5-10,12H2,1-4H3. The van der Waals surface area contributed by atoms with Crippen molar-refractivity contribution in [3.63, 3.8) is 0 Å². The zero-order valence-corrected chi connectivity index (χ0v) is 13.3. The molecule has 1 aromatic heterocycles. The van der Waals surface area contributed by atoms with E-state index in [0.29, 0.717) is 0 Å². The Bertz CT molecular complexity index is 414. The van der Waals surface area contributed by atoms with Crippen LogP contribution in [0.15, 0.2) is 6.20 Å². The fourth-order valence-corrected chi connectivity index (χ4v) is 2.56. The van der Waals surface area contributed by atoms with Crippen LogP contribution in [-0.2, 0) is 13.1 Å². The van der Waals surface area contributed by atoms with Crippen LogP contribution in [-0.4, -0.2) is 70.1 Å². The van der Waals surface area contributed by atoms with E-state index in [1.165, 1.54) is 0 Å². The third-order valence-electron chi connectivity index (χ3n) is 4.18. The normalized spacial score (nSPS) is 20.4. The number of likely N-dealkylation sites (N-methyl/N-ethyl adjacent to an activating group) is 1. The van der Waals surface area contributed by atoms with Crippen LogP contribution >= 0.6 is 0 Å². The first-order chi connectivity index (χ1) is 9.51. The van der Waals surface area contributed by atoms with Gasteiger partial charge in [-0.05, 0) is 27.4 Å². The van der Waals surface area contributed by atoms with Crippen molar-refractivity contribution in [3.8, 4) is 0 Å². The van der Waals surface area contributed by atoms with E-state index in [9.17, 15) is 0 Å². The third kappa shape index (κ3) is 4.01. The molecule has 0 amide bonds. The lowest BCUT2D eigenvalue weighted by atomic mass is 10.00. The van der Waals surface area contributed by atoms with E-state index in [2.05, 4.69) is 53.2 Å². The molecule has 6 heteroatoms. The molecule has 6 nitrogen and oxygen atoms in total. The van der Waals surface area contributed by atoms with Crippen LogP contribution in [0, 0.1) is 0 Å². The van der Waals surface area contributed by atoms with Crippen LogP contribution in [0.1, 0.15) is 26.5 Å². The Kier molecular flexibility index (Phi) is 5.12. The van der Waals surface area contributed by atoms with Crippen LogP contribution in [0.3, 0.4) is 0 Å². The van der Waals surface area contributed by atoms with Crippen molar-refractivity contribution in [1.29, 1.82) is 0 Å². The summed E-state index contributed by atoms with van der Waals surface area (Å²) in [7, 11) is 2.21. The minimum absolute atomic E-state index is 0.261. The summed E-state index contributed by atoms with van der Waals surface area (Å²) >= 11 is 0. The molecule has 1 aromatic rings. The van der Waals surface area contributed by atoms with E-state index >= 15 is 0 Å². The van der Waals surface area contributed by atoms with Gasteiger partial charge in [0.05, 0.1) is 12.2 Å². The van der Waals surface area contributed by atoms with Gasteiger partial charge >= 0.3 is 0 Å². The number of piperazine rings is 1. The average Bonchev–Trinajstić information content (AvgIpc) is 2.85. The topological polar surface area (TPSA) is 49.2 Å². The zero-order valence-electron chi connectivity index (χ0n) is 13.3. The highest BCUT2D eigenvalue weighted by Gasteiger charge is 2.30. The van der Waals surface area contributed by atoms with Gasteiger partial charge in [-0.15, -0.1) is 5.10 Å². The highest BCUT2D eigenvalue weighted by molar-refractivity contribution is 4.92. The first-order valence-corrected chi connectivity index (χ1v) is 7.54. The average molecular weight is 280 g/mol. The van der Waals surface area contributed by atoms with Gasteiger partial charge in [-0.1, -0.05) is 12.1 Å². The summed E-state index contributed by atoms with van der Waals surface area (Å²) in [4.78, 5) is 4.96. The maximum Gasteiger partial charge on any atom is 0.0964 e. The van der Waals surface area contributed by atoms with Crippen LogP contribution in [0.2, 0.25) is 0 Å². The predicted molar refractivity (Wildman–Crippen MR) is 80.6 cm³/mol. The maximum atomic E-state index is 4.19. The molecule has 0 spiro atoms.